The summed E-state index contributed by atoms with van der Waals surface area (Å²) in [6.45, 7) is 0.273. The van der Waals surface area contributed by atoms with Gasteiger partial charge >= 0.3 is 0 Å². The van der Waals surface area contributed by atoms with Crippen molar-refractivity contribution in [1.29, 1.82) is 0 Å². The standard InChI is InChI=1S/C21H18NO4.H2O/c1-22-10-13-7-17(23-2)18(24-3)8-15(13)14-5-4-12-6-19-20(26-11-25-19)9-16(12)21(14)22;/h4-10H,11H2,1-3H3;1H2/q+1;/p-1. The van der Waals surface area contributed by atoms with E-state index in [9.17, 15) is 0 Å². The number of aromatic nitrogens is 1. The van der Waals surface area contributed by atoms with Crippen molar-refractivity contribution in [2.45, 2.75) is 0 Å². The highest BCUT2D eigenvalue weighted by atomic mass is 16.7. The molecule has 0 amide bonds. The molecule has 0 saturated heterocycles. The summed E-state index contributed by atoms with van der Waals surface area (Å²) in [4.78, 5) is 0. The summed E-state index contributed by atoms with van der Waals surface area (Å²) in [5.74, 6) is 3.04. The Morgan fingerprint density at radius 2 is 1.52 bits per heavy atom. The molecule has 0 saturated carbocycles. The fourth-order valence-electron chi connectivity index (χ4n) is 3.80. The van der Waals surface area contributed by atoms with Crippen molar-refractivity contribution in [3.05, 3.63) is 42.6 Å². The molecule has 138 valence electrons. The summed E-state index contributed by atoms with van der Waals surface area (Å²) in [6.07, 6.45) is 2.11. The zero-order chi connectivity index (χ0) is 17.8. The molecule has 1 aliphatic rings. The van der Waals surface area contributed by atoms with Gasteiger partial charge in [0.05, 0.1) is 30.4 Å². The lowest BCUT2D eigenvalue weighted by Gasteiger charge is -2.11. The molecule has 0 radical (unpaired) electrons. The Hall–Kier alpha value is -3.25. The van der Waals surface area contributed by atoms with Gasteiger partial charge in [-0.25, -0.2) is 0 Å². The summed E-state index contributed by atoms with van der Waals surface area (Å²) in [5, 5.41) is 5.62. The minimum atomic E-state index is 0. The highest BCUT2D eigenvalue weighted by molar-refractivity contribution is 6.14. The quantitative estimate of drug-likeness (QED) is 0.401. The predicted molar refractivity (Wildman–Crippen MR) is 101 cm³/mol. The van der Waals surface area contributed by atoms with Gasteiger partial charge < -0.3 is 24.4 Å². The van der Waals surface area contributed by atoms with Crippen LogP contribution >= 0.6 is 0 Å². The van der Waals surface area contributed by atoms with E-state index < -0.39 is 0 Å². The smallest absolute Gasteiger partial charge is 0.231 e. The van der Waals surface area contributed by atoms with Crippen molar-refractivity contribution < 1.29 is 29.0 Å². The molecule has 0 unspecified atom stereocenters. The van der Waals surface area contributed by atoms with Crippen molar-refractivity contribution in [1.82, 2.24) is 0 Å². The molecule has 0 fully saturated rings. The summed E-state index contributed by atoms with van der Waals surface area (Å²) in [5.41, 5.74) is 1.14. The van der Waals surface area contributed by atoms with Crippen molar-refractivity contribution in [2.75, 3.05) is 21.0 Å². The molecular formula is C21H19NO5. The molecule has 3 aromatic carbocycles. The highest BCUT2D eigenvalue weighted by Gasteiger charge is 2.20. The third-order valence-corrected chi connectivity index (χ3v) is 5.02. The van der Waals surface area contributed by atoms with Crippen LogP contribution in [0.25, 0.3) is 32.4 Å². The molecule has 6 heteroatoms. The van der Waals surface area contributed by atoms with Gasteiger partial charge in [0.2, 0.25) is 12.3 Å². The number of hydrogen-bond acceptors (Lipinski definition) is 5. The fraction of sp³-hybridized carbons (Fsp3) is 0.190. The van der Waals surface area contributed by atoms with E-state index in [0.717, 1.165) is 55.4 Å². The largest absolute Gasteiger partial charge is 0.870 e. The summed E-state index contributed by atoms with van der Waals surface area (Å²) in [6, 6.07) is 12.4. The molecule has 5 rings (SSSR count). The molecule has 6 nitrogen and oxygen atoms in total. The number of rotatable bonds is 2. The lowest BCUT2D eigenvalue weighted by Crippen LogP contribution is -2.28. The highest BCUT2D eigenvalue weighted by Crippen LogP contribution is 2.40. The minimum Gasteiger partial charge on any atom is -0.870 e. The van der Waals surface area contributed by atoms with Crippen LogP contribution in [0.3, 0.4) is 0 Å². The van der Waals surface area contributed by atoms with Gasteiger partial charge in [-0.3, -0.25) is 0 Å². The Bertz CT molecular complexity index is 1200. The number of fused-ring (bicyclic) bond motifs is 6. The second-order valence-corrected chi connectivity index (χ2v) is 6.42. The SMILES string of the molecule is COc1cc2c[n+](C)c3c4cc5c(cc4ccc3c2cc1OC)OCO5.[OH-]. The molecule has 1 N–H and O–H groups in total. The molecular weight excluding hydrogens is 346 g/mol. The Kier molecular flexibility index (Phi) is 3.93. The van der Waals surface area contributed by atoms with Crippen LogP contribution in [0, 0.1) is 0 Å². The van der Waals surface area contributed by atoms with Crippen LogP contribution in [0.15, 0.2) is 42.6 Å². The molecule has 0 bridgehead atoms. The Morgan fingerprint density at radius 3 is 2.26 bits per heavy atom. The third kappa shape index (κ3) is 2.41. The summed E-state index contributed by atoms with van der Waals surface area (Å²) >= 11 is 0. The van der Waals surface area contributed by atoms with Gasteiger partial charge in [0.15, 0.2) is 29.2 Å². The number of benzene rings is 3. The van der Waals surface area contributed by atoms with Gasteiger partial charge in [-0.1, -0.05) is 6.07 Å². The first-order valence-electron chi connectivity index (χ1n) is 8.40. The fourth-order valence-corrected chi connectivity index (χ4v) is 3.80. The molecule has 27 heavy (non-hydrogen) atoms. The van der Waals surface area contributed by atoms with Crippen LogP contribution in [0.4, 0.5) is 0 Å². The normalized spacial score (nSPS) is 12.4. The number of pyridine rings is 1. The number of aryl methyl sites for hydroxylation is 1. The molecule has 0 aliphatic carbocycles. The van der Waals surface area contributed by atoms with E-state index in [4.69, 9.17) is 18.9 Å². The Balaban J connectivity index is 0.00000180. The minimum absolute atomic E-state index is 0. The van der Waals surface area contributed by atoms with Crippen LogP contribution in [0.1, 0.15) is 0 Å². The van der Waals surface area contributed by atoms with Gasteiger partial charge in [-0.15, -0.1) is 0 Å². The van der Waals surface area contributed by atoms with Gasteiger partial charge in [-0.2, -0.15) is 4.57 Å². The van der Waals surface area contributed by atoms with Crippen LogP contribution < -0.4 is 23.5 Å². The van der Waals surface area contributed by atoms with Gasteiger partial charge in [-0.05, 0) is 35.7 Å². The van der Waals surface area contributed by atoms with Crippen molar-refractivity contribution in [3.63, 3.8) is 0 Å². The molecule has 1 aliphatic heterocycles. The molecule has 1 aromatic heterocycles. The van der Waals surface area contributed by atoms with E-state index >= 15 is 0 Å². The Labute approximate surface area is 155 Å². The second-order valence-electron chi connectivity index (χ2n) is 6.42. The van der Waals surface area contributed by atoms with Crippen LogP contribution in [0.2, 0.25) is 0 Å². The Morgan fingerprint density at radius 1 is 0.815 bits per heavy atom. The van der Waals surface area contributed by atoms with Crippen LogP contribution in [0.5, 0.6) is 23.0 Å². The molecule has 2 heterocycles. The summed E-state index contributed by atoms with van der Waals surface area (Å²) in [7, 11) is 5.37. The monoisotopic (exact) mass is 365 g/mol. The van der Waals surface area contributed by atoms with Crippen molar-refractivity contribution in [2.24, 2.45) is 7.05 Å². The van der Waals surface area contributed by atoms with Gasteiger partial charge in [0, 0.05) is 5.39 Å². The number of ether oxygens (including phenoxy) is 4. The van der Waals surface area contributed by atoms with Crippen LogP contribution in [-0.2, 0) is 7.05 Å². The van der Waals surface area contributed by atoms with E-state index in [1.807, 2.05) is 18.2 Å². The van der Waals surface area contributed by atoms with Crippen LogP contribution in [-0.4, -0.2) is 26.5 Å². The van der Waals surface area contributed by atoms with Crippen molar-refractivity contribution >= 4 is 32.4 Å². The first-order valence-corrected chi connectivity index (χ1v) is 8.40. The number of methoxy groups -OCH3 is 2. The average Bonchev–Trinajstić information content (AvgIpc) is 3.12. The first kappa shape index (κ1) is 17.2. The molecule has 0 spiro atoms. The van der Waals surface area contributed by atoms with E-state index in [1.54, 1.807) is 14.2 Å². The maximum Gasteiger partial charge on any atom is 0.231 e. The first-order chi connectivity index (χ1) is 12.7. The molecule has 4 aromatic rings. The van der Waals surface area contributed by atoms with E-state index in [1.165, 1.54) is 0 Å². The zero-order valence-electron chi connectivity index (χ0n) is 15.3. The second kappa shape index (κ2) is 6.17. The number of nitrogens with zero attached hydrogens (tertiary/aromatic N) is 1. The van der Waals surface area contributed by atoms with Gasteiger partial charge in [0.25, 0.3) is 0 Å². The molecule has 0 atom stereocenters. The van der Waals surface area contributed by atoms with Crippen molar-refractivity contribution in [3.8, 4) is 23.0 Å². The lowest BCUT2D eigenvalue weighted by molar-refractivity contribution is -0.642. The average molecular weight is 365 g/mol. The van der Waals surface area contributed by atoms with E-state index in [2.05, 4.69) is 36.0 Å². The topological polar surface area (TPSA) is 70.8 Å². The number of hydrogen-bond donors (Lipinski definition) is 0. The lowest BCUT2D eigenvalue weighted by atomic mass is 10.0. The van der Waals surface area contributed by atoms with E-state index in [0.29, 0.717) is 0 Å². The van der Waals surface area contributed by atoms with Gasteiger partial charge in [0.1, 0.15) is 7.05 Å². The van der Waals surface area contributed by atoms with E-state index in [-0.39, 0.29) is 12.3 Å². The third-order valence-electron chi connectivity index (χ3n) is 5.02. The zero-order valence-corrected chi connectivity index (χ0v) is 15.3. The summed E-state index contributed by atoms with van der Waals surface area (Å²) < 4.78 is 24.2. The maximum absolute atomic E-state index is 5.58. The predicted octanol–water partition coefficient (Wildman–Crippen LogP) is 3.54. The maximum atomic E-state index is 5.58.